The topological polar surface area (TPSA) is 59.8 Å². The SMILES string of the molecule is CCc1nc2ccccc2n1[C@@H](CC)C(=O)NCc1cccnc1. The Balaban J connectivity index is 1.87. The number of fused-ring (bicyclic) bond motifs is 1. The van der Waals surface area contributed by atoms with Gasteiger partial charge in [0.15, 0.2) is 0 Å². The van der Waals surface area contributed by atoms with E-state index in [-0.39, 0.29) is 11.9 Å². The van der Waals surface area contributed by atoms with Crippen molar-refractivity contribution < 1.29 is 4.79 Å². The second kappa shape index (κ2) is 7.25. The molecule has 0 saturated carbocycles. The second-order valence-electron chi connectivity index (χ2n) is 5.74. The molecule has 0 spiro atoms. The normalized spacial score (nSPS) is 12.2. The Labute approximate surface area is 141 Å². The Morgan fingerprint density at radius 3 is 2.75 bits per heavy atom. The molecule has 124 valence electrons. The summed E-state index contributed by atoms with van der Waals surface area (Å²) in [7, 11) is 0. The van der Waals surface area contributed by atoms with Crippen molar-refractivity contribution >= 4 is 16.9 Å². The summed E-state index contributed by atoms with van der Waals surface area (Å²) >= 11 is 0. The van der Waals surface area contributed by atoms with Gasteiger partial charge in [-0.2, -0.15) is 0 Å². The molecule has 5 nitrogen and oxygen atoms in total. The van der Waals surface area contributed by atoms with Crippen molar-refractivity contribution in [3.63, 3.8) is 0 Å². The van der Waals surface area contributed by atoms with Crippen molar-refractivity contribution in [1.29, 1.82) is 0 Å². The van der Waals surface area contributed by atoms with Gasteiger partial charge in [0.1, 0.15) is 11.9 Å². The molecule has 24 heavy (non-hydrogen) atoms. The molecule has 0 bridgehead atoms. The number of pyridine rings is 1. The van der Waals surface area contributed by atoms with Gasteiger partial charge in [-0.15, -0.1) is 0 Å². The molecule has 2 heterocycles. The molecule has 0 aliphatic carbocycles. The third kappa shape index (κ3) is 3.15. The average molecular weight is 322 g/mol. The zero-order chi connectivity index (χ0) is 16.9. The maximum absolute atomic E-state index is 12.8. The molecule has 0 unspecified atom stereocenters. The number of hydrogen-bond acceptors (Lipinski definition) is 3. The third-order valence-electron chi connectivity index (χ3n) is 4.18. The van der Waals surface area contributed by atoms with E-state index in [1.54, 1.807) is 12.4 Å². The molecule has 0 aliphatic heterocycles. The van der Waals surface area contributed by atoms with Crippen molar-refractivity contribution in [2.75, 3.05) is 0 Å². The van der Waals surface area contributed by atoms with E-state index in [1.165, 1.54) is 0 Å². The zero-order valence-corrected chi connectivity index (χ0v) is 14.1. The lowest BCUT2D eigenvalue weighted by atomic mass is 10.1. The van der Waals surface area contributed by atoms with E-state index in [0.717, 1.165) is 28.8 Å². The van der Waals surface area contributed by atoms with Crippen LogP contribution in [0, 0.1) is 0 Å². The first kappa shape index (κ1) is 16.2. The first-order valence-corrected chi connectivity index (χ1v) is 8.37. The van der Waals surface area contributed by atoms with Crippen molar-refractivity contribution in [2.45, 2.75) is 39.3 Å². The molecule has 1 N–H and O–H groups in total. The van der Waals surface area contributed by atoms with Crippen LogP contribution in [0.1, 0.15) is 37.7 Å². The van der Waals surface area contributed by atoms with Gasteiger partial charge in [-0.1, -0.05) is 32.0 Å². The third-order valence-corrected chi connectivity index (χ3v) is 4.18. The van der Waals surface area contributed by atoms with Gasteiger partial charge >= 0.3 is 0 Å². The Morgan fingerprint density at radius 2 is 2.04 bits per heavy atom. The number of benzene rings is 1. The number of hydrogen-bond donors (Lipinski definition) is 1. The number of para-hydroxylation sites is 2. The summed E-state index contributed by atoms with van der Waals surface area (Å²) in [5.74, 6) is 0.957. The van der Waals surface area contributed by atoms with Crippen LogP contribution in [0.25, 0.3) is 11.0 Å². The van der Waals surface area contributed by atoms with Crippen molar-refractivity contribution in [3.05, 3.63) is 60.2 Å². The quantitative estimate of drug-likeness (QED) is 0.758. The highest BCUT2D eigenvalue weighted by atomic mass is 16.2. The van der Waals surface area contributed by atoms with E-state index < -0.39 is 0 Å². The van der Waals surface area contributed by atoms with Crippen LogP contribution >= 0.6 is 0 Å². The van der Waals surface area contributed by atoms with Gasteiger partial charge in [0, 0.05) is 25.4 Å². The first-order chi connectivity index (χ1) is 11.7. The molecule has 3 aromatic rings. The maximum Gasteiger partial charge on any atom is 0.243 e. The van der Waals surface area contributed by atoms with Crippen LogP contribution in [0.5, 0.6) is 0 Å². The fraction of sp³-hybridized carbons (Fsp3) is 0.316. The number of carbonyl (C=O) groups excluding carboxylic acids is 1. The van der Waals surface area contributed by atoms with Crippen molar-refractivity contribution in [2.24, 2.45) is 0 Å². The van der Waals surface area contributed by atoms with Crippen LogP contribution in [0.15, 0.2) is 48.8 Å². The number of nitrogens with one attached hydrogen (secondary N) is 1. The molecule has 0 fully saturated rings. The largest absolute Gasteiger partial charge is 0.350 e. The fourth-order valence-corrected chi connectivity index (χ4v) is 2.99. The number of rotatable bonds is 6. The van der Waals surface area contributed by atoms with Crippen molar-refractivity contribution in [1.82, 2.24) is 19.9 Å². The maximum atomic E-state index is 12.8. The molecule has 0 saturated heterocycles. The summed E-state index contributed by atoms with van der Waals surface area (Å²) in [5, 5.41) is 3.03. The van der Waals surface area contributed by atoms with E-state index in [1.807, 2.05) is 43.3 Å². The minimum absolute atomic E-state index is 0.0132. The number of amides is 1. The predicted octanol–water partition coefficient (Wildman–Crippen LogP) is 3.26. The van der Waals surface area contributed by atoms with Gasteiger partial charge in [-0.3, -0.25) is 9.78 Å². The van der Waals surface area contributed by atoms with Crippen LogP contribution in [-0.2, 0) is 17.8 Å². The van der Waals surface area contributed by atoms with Crippen LogP contribution in [0.4, 0.5) is 0 Å². The molecular formula is C19H22N4O. The molecule has 2 aromatic heterocycles. The average Bonchev–Trinajstić information content (AvgIpc) is 3.00. The molecule has 0 aliphatic rings. The monoisotopic (exact) mass is 322 g/mol. The number of aryl methyl sites for hydroxylation is 1. The summed E-state index contributed by atoms with van der Waals surface area (Å²) in [6.07, 6.45) is 5.00. The molecular weight excluding hydrogens is 300 g/mol. The Kier molecular flexibility index (Phi) is 4.89. The van der Waals surface area contributed by atoms with E-state index in [2.05, 4.69) is 26.8 Å². The molecule has 5 heteroatoms. The highest BCUT2D eigenvalue weighted by Crippen LogP contribution is 2.24. The van der Waals surface area contributed by atoms with E-state index in [0.29, 0.717) is 13.0 Å². The van der Waals surface area contributed by atoms with Gasteiger partial charge in [0.25, 0.3) is 0 Å². The van der Waals surface area contributed by atoms with E-state index >= 15 is 0 Å². The van der Waals surface area contributed by atoms with Gasteiger partial charge < -0.3 is 9.88 Å². The predicted molar refractivity (Wildman–Crippen MR) is 94.5 cm³/mol. The lowest BCUT2D eigenvalue weighted by Gasteiger charge is -2.19. The zero-order valence-electron chi connectivity index (χ0n) is 14.1. The molecule has 3 rings (SSSR count). The van der Waals surface area contributed by atoms with Gasteiger partial charge in [0.2, 0.25) is 5.91 Å². The number of nitrogens with zero attached hydrogens (tertiary/aromatic N) is 3. The van der Waals surface area contributed by atoms with Crippen LogP contribution in [0.2, 0.25) is 0 Å². The minimum Gasteiger partial charge on any atom is -0.350 e. The summed E-state index contributed by atoms with van der Waals surface area (Å²) in [6.45, 7) is 4.58. The summed E-state index contributed by atoms with van der Waals surface area (Å²) < 4.78 is 2.08. The minimum atomic E-state index is -0.260. The van der Waals surface area contributed by atoms with E-state index in [9.17, 15) is 4.79 Å². The van der Waals surface area contributed by atoms with Gasteiger partial charge in [-0.25, -0.2) is 4.98 Å². The number of carbonyl (C=O) groups is 1. The molecule has 1 aromatic carbocycles. The molecule has 0 radical (unpaired) electrons. The Morgan fingerprint density at radius 1 is 1.21 bits per heavy atom. The molecule has 1 atom stereocenters. The van der Waals surface area contributed by atoms with Crippen LogP contribution < -0.4 is 5.32 Å². The van der Waals surface area contributed by atoms with Crippen LogP contribution in [0.3, 0.4) is 0 Å². The summed E-state index contributed by atoms with van der Waals surface area (Å²) in [6, 6.07) is 11.5. The smallest absolute Gasteiger partial charge is 0.243 e. The van der Waals surface area contributed by atoms with Gasteiger partial charge in [0.05, 0.1) is 11.0 Å². The number of imidazole rings is 1. The first-order valence-electron chi connectivity index (χ1n) is 8.37. The van der Waals surface area contributed by atoms with Crippen LogP contribution in [-0.4, -0.2) is 20.4 Å². The highest BCUT2D eigenvalue weighted by Gasteiger charge is 2.23. The second-order valence-corrected chi connectivity index (χ2v) is 5.74. The Bertz CT molecular complexity index is 826. The van der Waals surface area contributed by atoms with E-state index in [4.69, 9.17) is 0 Å². The summed E-state index contributed by atoms with van der Waals surface area (Å²) in [5.41, 5.74) is 2.94. The molecule has 1 amide bonds. The summed E-state index contributed by atoms with van der Waals surface area (Å²) in [4.78, 5) is 21.5. The fourth-order valence-electron chi connectivity index (χ4n) is 2.99. The highest BCUT2D eigenvalue weighted by molar-refractivity contribution is 5.84. The Hall–Kier alpha value is -2.69. The lowest BCUT2D eigenvalue weighted by molar-refractivity contribution is -0.124. The standard InChI is InChI=1S/C19H22N4O/c1-3-16(19(24)21-13-14-8-7-11-20-12-14)23-17-10-6-5-9-15(17)22-18(23)4-2/h5-12,16H,3-4,13H2,1-2H3,(H,21,24)/t16-/m0/s1. The lowest BCUT2D eigenvalue weighted by Crippen LogP contribution is -2.32. The van der Waals surface area contributed by atoms with Gasteiger partial charge in [-0.05, 0) is 30.2 Å². The number of aromatic nitrogens is 3. The van der Waals surface area contributed by atoms with Crippen molar-refractivity contribution in [3.8, 4) is 0 Å².